The lowest BCUT2D eigenvalue weighted by atomic mass is 10.2. The van der Waals surface area contributed by atoms with E-state index >= 15 is 0 Å². The molecule has 3 amide bonds. The highest BCUT2D eigenvalue weighted by Crippen LogP contribution is 2.17. The van der Waals surface area contributed by atoms with Crippen LogP contribution in [0, 0.1) is 0 Å². The number of hydrogen-bond acceptors (Lipinski definition) is 3. The molecule has 1 aromatic carbocycles. The number of aromatic nitrogens is 1. The molecule has 2 rings (SSSR count). The number of primary amides is 1. The lowest BCUT2D eigenvalue weighted by Gasteiger charge is -2.07. The van der Waals surface area contributed by atoms with Crippen molar-refractivity contribution in [2.75, 3.05) is 10.6 Å². The summed E-state index contributed by atoms with van der Waals surface area (Å²) in [5.74, 6) is -0.326. The van der Waals surface area contributed by atoms with Gasteiger partial charge in [0, 0.05) is 22.0 Å². The van der Waals surface area contributed by atoms with Crippen molar-refractivity contribution < 1.29 is 9.59 Å². The van der Waals surface area contributed by atoms with Crippen molar-refractivity contribution in [1.82, 2.24) is 4.98 Å². The van der Waals surface area contributed by atoms with E-state index in [1.165, 1.54) is 0 Å². The predicted molar refractivity (Wildman–Crippen MR) is 79.5 cm³/mol. The molecule has 0 radical (unpaired) electrons. The molecule has 102 valence electrons. The summed E-state index contributed by atoms with van der Waals surface area (Å²) in [7, 11) is 0. The number of benzene rings is 1. The van der Waals surface area contributed by atoms with Crippen molar-refractivity contribution in [3.05, 3.63) is 52.8 Å². The van der Waals surface area contributed by atoms with Gasteiger partial charge in [0.15, 0.2) is 0 Å². The van der Waals surface area contributed by atoms with Gasteiger partial charge in [0.05, 0.1) is 0 Å². The van der Waals surface area contributed by atoms with Gasteiger partial charge in [0.25, 0.3) is 5.91 Å². The number of amides is 3. The molecule has 0 aliphatic carbocycles. The van der Waals surface area contributed by atoms with E-state index < -0.39 is 6.03 Å². The van der Waals surface area contributed by atoms with E-state index in [9.17, 15) is 9.59 Å². The van der Waals surface area contributed by atoms with Crippen molar-refractivity contribution in [1.29, 1.82) is 0 Å². The summed E-state index contributed by atoms with van der Waals surface area (Å²) in [5, 5.41) is 5.14. The van der Waals surface area contributed by atoms with Crippen molar-refractivity contribution in [2.24, 2.45) is 5.73 Å². The van der Waals surface area contributed by atoms with Gasteiger partial charge in [-0.05, 0) is 52.3 Å². The van der Waals surface area contributed by atoms with Gasteiger partial charge in [-0.1, -0.05) is 0 Å². The molecule has 4 N–H and O–H groups in total. The van der Waals surface area contributed by atoms with Gasteiger partial charge in [0.2, 0.25) is 0 Å². The molecular weight excluding hydrogens is 324 g/mol. The number of carbonyl (C=O) groups is 2. The molecule has 0 aliphatic rings. The molecule has 0 bridgehead atoms. The number of nitrogens with one attached hydrogen (secondary N) is 2. The van der Waals surface area contributed by atoms with Gasteiger partial charge in [0.1, 0.15) is 5.69 Å². The lowest BCUT2D eigenvalue weighted by Crippen LogP contribution is -2.19. The number of hydrogen-bond donors (Lipinski definition) is 3. The molecule has 0 saturated carbocycles. The Balaban J connectivity index is 2.09. The Bertz CT molecular complexity index is 643. The molecule has 1 aromatic heterocycles. The first-order valence-corrected chi connectivity index (χ1v) is 6.44. The Labute approximate surface area is 123 Å². The van der Waals surface area contributed by atoms with Crippen molar-refractivity contribution in [3.63, 3.8) is 0 Å². The maximum Gasteiger partial charge on any atom is 0.316 e. The van der Waals surface area contributed by atoms with Crippen LogP contribution in [0.4, 0.5) is 16.2 Å². The molecule has 0 atom stereocenters. The Morgan fingerprint density at radius 1 is 1.05 bits per heavy atom. The zero-order valence-electron chi connectivity index (χ0n) is 10.3. The molecule has 0 spiro atoms. The topological polar surface area (TPSA) is 97.1 Å². The van der Waals surface area contributed by atoms with Crippen molar-refractivity contribution in [3.8, 4) is 0 Å². The van der Waals surface area contributed by atoms with Gasteiger partial charge >= 0.3 is 6.03 Å². The largest absolute Gasteiger partial charge is 0.351 e. The second kappa shape index (κ2) is 6.16. The normalized spacial score (nSPS) is 9.85. The first-order valence-electron chi connectivity index (χ1n) is 5.64. The third-order valence-electron chi connectivity index (χ3n) is 2.38. The second-order valence-corrected chi connectivity index (χ2v) is 4.71. The van der Waals surface area contributed by atoms with E-state index in [4.69, 9.17) is 5.73 Å². The maximum atomic E-state index is 12.0. The van der Waals surface area contributed by atoms with Crippen LogP contribution in [-0.2, 0) is 0 Å². The van der Waals surface area contributed by atoms with Crippen LogP contribution < -0.4 is 16.4 Å². The highest BCUT2D eigenvalue weighted by atomic mass is 79.9. The quantitative estimate of drug-likeness (QED) is 0.804. The molecule has 20 heavy (non-hydrogen) atoms. The Hall–Kier alpha value is -2.41. The molecule has 6 nitrogen and oxygen atoms in total. The Kier molecular flexibility index (Phi) is 4.31. The average Bonchev–Trinajstić information content (AvgIpc) is 2.41. The van der Waals surface area contributed by atoms with E-state index in [0.29, 0.717) is 21.5 Å². The first kappa shape index (κ1) is 14.0. The molecular formula is C13H11BrN4O2. The number of nitrogens with two attached hydrogens (primary N) is 1. The van der Waals surface area contributed by atoms with Crippen molar-refractivity contribution in [2.45, 2.75) is 0 Å². The summed E-state index contributed by atoms with van der Waals surface area (Å²) in [6.07, 6.45) is 1.54. The van der Waals surface area contributed by atoms with E-state index in [-0.39, 0.29) is 5.91 Å². The van der Waals surface area contributed by atoms with E-state index in [0.717, 1.165) is 0 Å². The highest BCUT2D eigenvalue weighted by molar-refractivity contribution is 9.10. The number of rotatable bonds is 3. The van der Waals surface area contributed by atoms with Crippen LogP contribution in [0.2, 0.25) is 0 Å². The minimum absolute atomic E-state index is 0.298. The van der Waals surface area contributed by atoms with Gasteiger partial charge < -0.3 is 16.4 Å². The number of carbonyl (C=O) groups excluding carboxylic acids is 2. The van der Waals surface area contributed by atoms with Crippen LogP contribution in [0.3, 0.4) is 0 Å². The number of anilines is 2. The van der Waals surface area contributed by atoms with Crippen LogP contribution in [0.1, 0.15) is 10.5 Å². The number of urea groups is 1. The molecule has 7 heteroatoms. The smallest absolute Gasteiger partial charge is 0.316 e. The second-order valence-electron chi connectivity index (χ2n) is 3.85. The summed E-state index contributed by atoms with van der Waals surface area (Å²) in [4.78, 5) is 26.7. The minimum Gasteiger partial charge on any atom is -0.351 e. The SMILES string of the molecule is NC(=O)Nc1ccc(NC(=O)c2ncccc2Br)cc1. The van der Waals surface area contributed by atoms with Crippen LogP contribution >= 0.6 is 15.9 Å². The summed E-state index contributed by atoms with van der Waals surface area (Å²) < 4.78 is 0.615. The van der Waals surface area contributed by atoms with E-state index in [1.807, 2.05) is 0 Å². The summed E-state index contributed by atoms with van der Waals surface area (Å²) >= 11 is 3.26. The first-order chi connectivity index (χ1) is 9.56. The third-order valence-corrected chi connectivity index (χ3v) is 3.02. The van der Waals surface area contributed by atoms with Crippen molar-refractivity contribution >= 4 is 39.2 Å². The van der Waals surface area contributed by atoms with Gasteiger partial charge in [-0.15, -0.1) is 0 Å². The minimum atomic E-state index is -0.640. The van der Waals surface area contributed by atoms with Crippen LogP contribution in [0.5, 0.6) is 0 Å². The Morgan fingerprint density at radius 3 is 2.20 bits per heavy atom. The molecule has 0 unspecified atom stereocenters. The zero-order valence-corrected chi connectivity index (χ0v) is 11.8. The summed E-state index contributed by atoms with van der Waals surface area (Å²) in [6.45, 7) is 0. The lowest BCUT2D eigenvalue weighted by molar-refractivity contribution is 0.102. The number of nitrogens with zero attached hydrogens (tertiary/aromatic N) is 1. The molecule has 0 saturated heterocycles. The Morgan fingerprint density at radius 2 is 1.65 bits per heavy atom. The summed E-state index contributed by atoms with van der Waals surface area (Å²) in [5.41, 5.74) is 6.44. The van der Waals surface area contributed by atoms with Gasteiger partial charge in [-0.25, -0.2) is 9.78 Å². The number of pyridine rings is 1. The van der Waals surface area contributed by atoms with Crippen LogP contribution in [-0.4, -0.2) is 16.9 Å². The van der Waals surface area contributed by atoms with Gasteiger partial charge in [-0.2, -0.15) is 0 Å². The third kappa shape index (κ3) is 3.55. The maximum absolute atomic E-state index is 12.0. The standard InChI is InChI=1S/C13H11BrN4O2/c14-10-2-1-7-16-11(10)12(19)17-8-3-5-9(6-4-8)18-13(15)20/h1-7H,(H,17,19)(H3,15,18,20). The zero-order chi connectivity index (χ0) is 14.5. The molecule has 2 aromatic rings. The van der Waals surface area contributed by atoms with E-state index in [2.05, 4.69) is 31.5 Å². The van der Waals surface area contributed by atoms with Crippen LogP contribution in [0.25, 0.3) is 0 Å². The monoisotopic (exact) mass is 334 g/mol. The van der Waals surface area contributed by atoms with Gasteiger partial charge in [-0.3, -0.25) is 4.79 Å². The fourth-order valence-corrected chi connectivity index (χ4v) is 1.96. The molecule has 0 fully saturated rings. The van der Waals surface area contributed by atoms with E-state index in [1.54, 1.807) is 42.6 Å². The summed E-state index contributed by atoms with van der Waals surface area (Å²) in [6, 6.07) is 9.40. The fourth-order valence-electron chi connectivity index (χ4n) is 1.52. The van der Waals surface area contributed by atoms with Crippen LogP contribution in [0.15, 0.2) is 47.1 Å². The highest BCUT2D eigenvalue weighted by Gasteiger charge is 2.11. The predicted octanol–water partition coefficient (Wildman–Crippen LogP) is 2.59. The molecule has 1 heterocycles. The molecule has 0 aliphatic heterocycles. The fraction of sp³-hybridized carbons (Fsp3) is 0. The average molecular weight is 335 g/mol. The number of halogens is 1.